The first-order chi connectivity index (χ1) is 7.07. The van der Waals surface area contributed by atoms with Gasteiger partial charge in [-0.1, -0.05) is 26.8 Å². The van der Waals surface area contributed by atoms with Crippen LogP contribution in [0.25, 0.3) is 5.57 Å². The fourth-order valence-corrected chi connectivity index (χ4v) is 2.42. The number of dihydropyridines is 1. The molecule has 0 atom stereocenters. The van der Waals surface area contributed by atoms with Crippen molar-refractivity contribution in [3.63, 3.8) is 0 Å². The standard InChI is InChI=1S/C13H17NS/c1-13(2,3)12-8-10(4-6-14-12)11-5-7-15-9-11/h4-5,7,9H,6,8H2,1-3H3. The lowest BCUT2D eigenvalue weighted by molar-refractivity contribution is 0.580. The average Bonchev–Trinajstić information content (AvgIpc) is 2.69. The molecular weight excluding hydrogens is 202 g/mol. The van der Waals surface area contributed by atoms with E-state index in [0.29, 0.717) is 0 Å². The third kappa shape index (κ3) is 2.37. The average molecular weight is 219 g/mol. The molecule has 0 saturated heterocycles. The Hall–Kier alpha value is -0.890. The van der Waals surface area contributed by atoms with Crippen molar-refractivity contribution in [1.29, 1.82) is 0 Å². The number of allylic oxidation sites excluding steroid dienone is 1. The lowest BCUT2D eigenvalue weighted by Crippen LogP contribution is -2.22. The first-order valence-corrected chi connectivity index (χ1v) is 6.27. The van der Waals surface area contributed by atoms with Crippen molar-refractivity contribution in [2.45, 2.75) is 27.2 Å². The van der Waals surface area contributed by atoms with Crippen molar-refractivity contribution in [3.8, 4) is 0 Å². The van der Waals surface area contributed by atoms with Crippen LogP contribution < -0.4 is 0 Å². The zero-order chi connectivity index (χ0) is 10.9. The van der Waals surface area contributed by atoms with Gasteiger partial charge in [-0.25, -0.2) is 0 Å². The largest absolute Gasteiger partial charge is 0.289 e. The fraction of sp³-hybridized carbons (Fsp3) is 0.462. The van der Waals surface area contributed by atoms with E-state index in [1.54, 1.807) is 11.3 Å². The molecular formula is C13H17NS. The predicted molar refractivity (Wildman–Crippen MR) is 68.7 cm³/mol. The first kappa shape index (κ1) is 10.6. The van der Waals surface area contributed by atoms with Crippen LogP contribution in [0.5, 0.6) is 0 Å². The highest BCUT2D eigenvalue weighted by molar-refractivity contribution is 7.08. The summed E-state index contributed by atoms with van der Waals surface area (Å²) in [6.45, 7) is 7.56. The Kier molecular flexibility index (Phi) is 2.79. The second-order valence-electron chi connectivity index (χ2n) is 4.96. The van der Waals surface area contributed by atoms with Gasteiger partial charge in [0.1, 0.15) is 0 Å². The summed E-state index contributed by atoms with van der Waals surface area (Å²) in [5.41, 5.74) is 4.34. The number of thiophene rings is 1. The van der Waals surface area contributed by atoms with Crippen LogP contribution in [0.3, 0.4) is 0 Å². The maximum Gasteiger partial charge on any atom is 0.0576 e. The van der Waals surface area contributed by atoms with Gasteiger partial charge in [0.05, 0.1) is 6.54 Å². The molecule has 0 saturated carbocycles. The zero-order valence-electron chi connectivity index (χ0n) is 9.58. The molecule has 1 aliphatic rings. The van der Waals surface area contributed by atoms with Crippen molar-refractivity contribution in [2.75, 3.05) is 6.54 Å². The molecule has 2 heteroatoms. The molecule has 0 radical (unpaired) electrons. The third-order valence-corrected chi connectivity index (χ3v) is 3.42. The van der Waals surface area contributed by atoms with Gasteiger partial charge in [0.2, 0.25) is 0 Å². The molecule has 2 heterocycles. The number of hydrogen-bond donors (Lipinski definition) is 0. The Balaban J connectivity index is 2.18. The summed E-state index contributed by atoms with van der Waals surface area (Å²) in [7, 11) is 0. The monoisotopic (exact) mass is 219 g/mol. The smallest absolute Gasteiger partial charge is 0.0576 e. The van der Waals surface area contributed by atoms with Crippen LogP contribution in [0.1, 0.15) is 32.8 Å². The number of aliphatic imine (C=N–C) groups is 1. The molecule has 0 amide bonds. The Morgan fingerprint density at radius 2 is 2.13 bits per heavy atom. The predicted octanol–water partition coefficient (Wildman–Crippen LogP) is 4.02. The molecule has 80 valence electrons. The summed E-state index contributed by atoms with van der Waals surface area (Å²) in [5, 5.41) is 4.36. The Bertz CT molecular complexity index is 391. The van der Waals surface area contributed by atoms with E-state index in [4.69, 9.17) is 0 Å². The van der Waals surface area contributed by atoms with Crippen LogP contribution >= 0.6 is 11.3 Å². The summed E-state index contributed by atoms with van der Waals surface area (Å²) < 4.78 is 0. The van der Waals surface area contributed by atoms with E-state index in [1.807, 2.05) is 0 Å². The zero-order valence-corrected chi connectivity index (χ0v) is 10.4. The van der Waals surface area contributed by atoms with Crippen molar-refractivity contribution < 1.29 is 0 Å². The van der Waals surface area contributed by atoms with Crippen LogP contribution in [-0.4, -0.2) is 12.3 Å². The molecule has 1 aromatic rings. The lowest BCUT2D eigenvalue weighted by Gasteiger charge is -2.25. The lowest BCUT2D eigenvalue weighted by atomic mass is 9.84. The number of rotatable bonds is 1. The van der Waals surface area contributed by atoms with Gasteiger partial charge in [0.25, 0.3) is 0 Å². The van der Waals surface area contributed by atoms with Crippen molar-refractivity contribution >= 4 is 22.6 Å². The van der Waals surface area contributed by atoms with E-state index in [0.717, 1.165) is 13.0 Å². The highest BCUT2D eigenvalue weighted by Gasteiger charge is 2.22. The third-order valence-electron chi connectivity index (χ3n) is 2.74. The molecule has 1 nitrogen and oxygen atoms in total. The highest BCUT2D eigenvalue weighted by atomic mass is 32.1. The van der Waals surface area contributed by atoms with E-state index < -0.39 is 0 Å². The first-order valence-electron chi connectivity index (χ1n) is 5.33. The Morgan fingerprint density at radius 1 is 1.33 bits per heavy atom. The number of hydrogen-bond acceptors (Lipinski definition) is 2. The Labute approximate surface area is 95.6 Å². The molecule has 1 aromatic heterocycles. The maximum atomic E-state index is 4.60. The van der Waals surface area contributed by atoms with Crippen molar-refractivity contribution in [3.05, 3.63) is 28.5 Å². The van der Waals surface area contributed by atoms with Crippen LogP contribution in [0.15, 0.2) is 27.9 Å². The second kappa shape index (κ2) is 3.93. The molecule has 0 bridgehead atoms. The quantitative estimate of drug-likeness (QED) is 0.676. The van der Waals surface area contributed by atoms with Crippen LogP contribution in [0.2, 0.25) is 0 Å². The van der Waals surface area contributed by atoms with Gasteiger partial charge >= 0.3 is 0 Å². The van der Waals surface area contributed by atoms with Gasteiger partial charge in [0, 0.05) is 17.5 Å². The normalized spacial score (nSPS) is 17.3. The second-order valence-corrected chi connectivity index (χ2v) is 5.74. The molecule has 0 unspecified atom stereocenters. The number of nitrogens with zero attached hydrogens (tertiary/aromatic N) is 1. The van der Waals surface area contributed by atoms with E-state index in [2.05, 4.69) is 48.7 Å². The summed E-state index contributed by atoms with van der Waals surface area (Å²) in [4.78, 5) is 4.60. The van der Waals surface area contributed by atoms with Crippen molar-refractivity contribution in [2.24, 2.45) is 10.4 Å². The molecule has 0 N–H and O–H groups in total. The van der Waals surface area contributed by atoms with Crippen molar-refractivity contribution in [1.82, 2.24) is 0 Å². The van der Waals surface area contributed by atoms with Gasteiger partial charge in [0.15, 0.2) is 0 Å². The summed E-state index contributed by atoms with van der Waals surface area (Å²) >= 11 is 1.76. The van der Waals surface area contributed by atoms with Gasteiger partial charge < -0.3 is 0 Å². The van der Waals surface area contributed by atoms with Gasteiger partial charge in [-0.15, -0.1) is 0 Å². The molecule has 0 spiro atoms. The van der Waals surface area contributed by atoms with E-state index in [1.165, 1.54) is 16.8 Å². The summed E-state index contributed by atoms with van der Waals surface area (Å²) in [6, 6.07) is 2.20. The minimum Gasteiger partial charge on any atom is -0.289 e. The molecule has 0 fully saturated rings. The van der Waals surface area contributed by atoms with Gasteiger partial charge in [-0.3, -0.25) is 4.99 Å². The minimum absolute atomic E-state index is 0.204. The van der Waals surface area contributed by atoms with Gasteiger partial charge in [-0.2, -0.15) is 11.3 Å². The molecule has 1 aliphatic heterocycles. The van der Waals surface area contributed by atoms with Crippen LogP contribution in [0, 0.1) is 5.41 Å². The molecule has 2 rings (SSSR count). The van der Waals surface area contributed by atoms with E-state index in [-0.39, 0.29) is 5.41 Å². The SMILES string of the molecule is CC(C)(C)C1=NCC=C(c2ccsc2)C1. The van der Waals surface area contributed by atoms with E-state index >= 15 is 0 Å². The molecule has 0 aliphatic carbocycles. The van der Waals surface area contributed by atoms with E-state index in [9.17, 15) is 0 Å². The summed E-state index contributed by atoms with van der Waals surface area (Å²) in [5.74, 6) is 0. The molecule has 15 heavy (non-hydrogen) atoms. The topological polar surface area (TPSA) is 12.4 Å². The van der Waals surface area contributed by atoms with Crippen LogP contribution in [0.4, 0.5) is 0 Å². The van der Waals surface area contributed by atoms with Gasteiger partial charge in [-0.05, 0) is 28.0 Å². The highest BCUT2D eigenvalue weighted by Crippen LogP contribution is 2.29. The summed E-state index contributed by atoms with van der Waals surface area (Å²) in [6.07, 6.45) is 3.26. The fourth-order valence-electron chi connectivity index (χ4n) is 1.74. The van der Waals surface area contributed by atoms with Crippen LogP contribution in [-0.2, 0) is 0 Å². The maximum absolute atomic E-state index is 4.60. The Morgan fingerprint density at radius 3 is 2.73 bits per heavy atom. The minimum atomic E-state index is 0.204. The molecule has 0 aromatic carbocycles.